The van der Waals surface area contributed by atoms with E-state index in [4.69, 9.17) is 4.74 Å². The Labute approximate surface area is 206 Å². The van der Waals surface area contributed by atoms with Gasteiger partial charge in [-0.1, -0.05) is 83.9 Å². The molecule has 0 N–H and O–H groups in total. The fourth-order valence-corrected chi connectivity index (χ4v) is 4.54. The van der Waals surface area contributed by atoms with Crippen LogP contribution in [0.2, 0.25) is 0 Å². The lowest BCUT2D eigenvalue weighted by atomic mass is 9.98. The van der Waals surface area contributed by atoms with Gasteiger partial charge in [-0.05, 0) is 73.6 Å². The molecular formula is C31H42FNO. The van der Waals surface area contributed by atoms with E-state index in [1.165, 1.54) is 44.9 Å². The molecule has 34 heavy (non-hydrogen) atoms. The molecular weight excluding hydrogens is 421 g/mol. The average molecular weight is 464 g/mol. The maximum absolute atomic E-state index is 15.0. The Balaban J connectivity index is 1.62. The fourth-order valence-electron chi connectivity index (χ4n) is 4.54. The summed E-state index contributed by atoms with van der Waals surface area (Å²) in [6.07, 6.45) is 12.5. The molecule has 0 bridgehead atoms. The van der Waals surface area contributed by atoms with Gasteiger partial charge in [0.05, 0.1) is 6.10 Å². The van der Waals surface area contributed by atoms with Crippen LogP contribution in [-0.4, -0.2) is 11.1 Å². The van der Waals surface area contributed by atoms with Crippen molar-refractivity contribution in [1.29, 1.82) is 0 Å². The molecule has 0 saturated heterocycles. The van der Waals surface area contributed by atoms with Crippen molar-refractivity contribution in [2.45, 2.75) is 104 Å². The summed E-state index contributed by atoms with van der Waals surface area (Å²) >= 11 is 0. The minimum absolute atomic E-state index is 0.204. The Hall–Kier alpha value is -2.42. The van der Waals surface area contributed by atoms with Gasteiger partial charge in [0.25, 0.3) is 0 Å². The van der Waals surface area contributed by atoms with E-state index in [1.807, 2.05) is 42.5 Å². The second-order valence-electron chi connectivity index (χ2n) is 9.82. The van der Waals surface area contributed by atoms with Gasteiger partial charge in [-0.15, -0.1) is 0 Å². The normalized spacial score (nSPS) is 13.2. The van der Waals surface area contributed by atoms with E-state index in [0.29, 0.717) is 11.4 Å². The topological polar surface area (TPSA) is 22.1 Å². The molecule has 0 radical (unpaired) electrons. The summed E-state index contributed by atoms with van der Waals surface area (Å²) in [5.74, 6) is 0.959. The molecule has 0 amide bonds. The highest BCUT2D eigenvalue weighted by molar-refractivity contribution is 5.85. The number of pyridine rings is 1. The van der Waals surface area contributed by atoms with Gasteiger partial charge >= 0.3 is 0 Å². The summed E-state index contributed by atoms with van der Waals surface area (Å²) < 4.78 is 21.1. The molecule has 3 heteroatoms. The molecule has 184 valence electrons. The van der Waals surface area contributed by atoms with Crippen molar-refractivity contribution in [2.24, 2.45) is 0 Å². The SMILES string of the molecule is CCCCCCCCC(C)Oc1ccc(-c2cc(F)c3nc(C(C)CCCC)ccc3c2)cc1. The molecule has 0 aliphatic heterocycles. The molecule has 1 aromatic heterocycles. The molecule has 3 aromatic rings. The lowest BCUT2D eigenvalue weighted by Crippen LogP contribution is -2.11. The summed E-state index contributed by atoms with van der Waals surface area (Å²) in [6, 6.07) is 15.7. The number of benzene rings is 2. The summed E-state index contributed by atoms with van der Waals surface area (Å²) in [5.41, 5.74) is 3.29. The van der Waals surface area contributed by atoms with Crippen molar-refractivity contribution < 1.29 is 9.13 Å². The van der Waals surface area contributed by atoms with Crippen LogP contribution in [-0.2, 0) is 0 Å². The average Bonchev–Trinajstić information content (AvgIpc) is 2.85. The summed E-state index contributed by atoms with van der Waals surface area (Å²) in [6.45, 7) is 8.76. The third-order valence-electron chi connectivity index (χ3n) is 6.75. The van der Waals surface area contributed by atoms with Gasteiger partial charge < -0.3 is 4.74 Å². The zero-order valence-corrected chi connectivity index (χ0v) is 21.6. The minimum Gasteiger partial charge on any atom is -0.491 e. The van der Waals surface area contributed by atoms with Crippen molar-refractivity contribution in [1.82, 2.24) is 4.98 Å². The molecule has 2 atom stereocenters. The van der Waals surface area contributed by atoms with Crippen LogP contribution in [0.25, 0.3) is 22.0 Å². The van der Waals surface area contributed by atoms with E-state index in [0.717, 1.165) is 47.2 Å². The first-order valence-electron chi connectivity index (χ1n) is 13.4. The molecule has 2 unspecified atom stereocenters. The fraction of sp³-hybridized carbons (Fsp3) is 0.516. The second-order valence-corrected chi connectivity index (χ2v) is 9.82. The lowest BCUT2D eigenvalue weighted by Gasteiger charge is -2.15. The first kappa shape index (κ1) is 26.2. The maximum atomic E-state index is 15.0. The van der Waals surface area contributed by atoms with E-state index in [2.05, 4.69) is 32.7 Å². The van der Waals surface area contributed by atoms with Gasteiger partial charge in [-0.25, -0.2) is 9.37 Å². The summed E-state index contributed by atoms with van der Waals surface area (Å²) in [5, 5.41) is 0.842. The smallest absolute Gasteiger partial charge is 0.150 e. The quantitative estimate of drug-likeness (QED) is 0.222. The molecule has 3 rings (SSSR count). The summed E-state index contributed by atoms with van der Waals surface area (Å²) in [4.78, 5) is 4.66. The number of aromatic nitrogens is 1. The van der Waals surface area contributed by atoms with Crippen LogP contribution >= 0.6 is 0 Å². The number of hydrogen-bond acceptors (Lipinski definition) is 2. The van der Waals surface area contributed by atoms with Gasteiger partial charge in [0.2, 0.25) is 0 Å². The maximum Gasteiger partial charge on any atom is 0.150 e. The van der Waals surface area contributed by atoms with Gasteiger partial charge in [0, 0.05) is 11.1 Å². The number of nitrogens with zero attached hydrogens (tertiary/aromatic N) is 1. The van der Waals surface area contributed by atoms with Gasteiger partial charge in [-0.3, -0.25) is 0 Å². The second kappa shape index (κ2) is 13.5. The van der Waals surface area contributed by atoms with Crippen molar-refractivity contribution in [3.8, 4) is 16.9 Å². The van der Waals surface area contributed by atoms with Crippen LogP contribution in [0.4, 0.5) is 4.39 Å². The van der Waals surface area contributed by atoms with Crippen molar-refractivity contribution in [3.05, 3.63) is 60.0 Å². The third-order valence-corrected chi connectivity index (χ3v) is 6.75. The van der Waals surface area contributed by atoms with Crippen molar-refractivity contribution >= 4 is 10.9 Å². The van der Waals surface area contributed by atoms with Crippen LogP contribution in [0.15, 0.2) is 48.5 Å². The monoisotopic (exact) mass is 463 g/mol. The van der Waals surface area contributed by atoms with E-state index in [-0.39, 0.29) is 11.9 Å². The molecule has 1 heterocycles. The van der Waals surface area contributed by atoms with Crippen LogP contribution < -0.4 is 4.74 Å². The number of fused-ring (bicyclic) bond motifs is 1. The predicted molar refractivity (Wildman–Crippen MR) is 143 cm³/mol. The van der Waals surface area contributed by atoms with Crippen LogP contribution in [0.5, 0.6) is 5.75 Å². The lowest BCUT2D eigenvalue weighted by molar-refractivity contribution is 0.206. The van der Waals surface area contributed by atoms with Gasteiger partial charge in [-0.2, -0.15) is 0 Å². The molecule has 0 saturated carbocycles. The van der Waals surface area contributed by atoms with Gasteiger partial charge in [0.1, 0.15) is 17.1 Å². The number of halogens is 1. The standard InChI is InChI=1S/C31H42FNO/c1-5-7-9-10-11-12-14-24(4)34-28-18-15-25(16-19-28)27-21-26-17-20-30(23(3)13-8-6-2)33-31(26)29(32)22-27/h15-24H,5-14H2,1-4H3. The zero-order valence-electron chi connectivity index (χ0n) is 21.6. The molecule has 0 aliphatic carbocycles. The largest absolute Gasteiger partial charge is 0.491 e. The number of rotatable bonds is 14. The van der Waals surface area contributed by atoms with Crippen LogP contribution in [0.3, 0.4) is 0 Å². The predicted octanol–water partition coefficient (Wildman–Crippen LogP) is 9.85. The zero-order chi connectivity index (χ0) is 24.3. The number of ether oxygens (including phenoxy) is 1. The first-order chi connectivity index (χ1) is 16.5. The Morgan fingerprint density at radius 1 is 0.765 bits per heavy atom. The Bertz CT molecular complexity index is 1010. The molecule has 2 aromatic carbocycles. The van der Waals surface area contributed by atoms with E-state index < -0.39 is 0 Å². The molecule has 2 nitrogen and oxygen atoms in total. The third kappa shape index (κ3) is 7.55. The molecule has 0 aliphatic rings. The minimum atomic E-state index is -0.259. The highest BCUT2D eigenvalue weighted by Gasteiger charge is 2.12. The molecule has 0 fully saturated rings. The van der Waals surface area contributed by atoms with Crippen LogP contribution in [0, 0.1) is 5.82 Å². The van der Waals surface area contributed by atoms with E-state index in [1.54, 1.807) is 6.07 Å². The Morgan fingerprint density at radius 2 is 1.47 bits per heavy atom. The number of hydrogen-bond donors (Lipinski definition) is 0. The van der Waals surface area contributed by atoms with E-state index in [9.17, 15) is 0 Å². The molecule has 0 spiro atoms. The Kier molecular flexibility index (Phi) is 10.4. The first-order valence-corrected chi connectivity index (χ1v) is 13.4. The summed E-state index contributed by atoms with van der Waals surface area (Å²) in [7, 11) is 0. The van der Waals surface area contributed by atoms with Gasteiger partial charge in [0.15, 0.2) is 0 Å². The highest BCUT2D eigenvalue weighted by atomic mass is 19.1. The Morgan fingerprint density at radius 3 is 2.21 bits per heavy atom. The van der Waals surface area contributed by atoms with Crippen molar-refractivity contribution in [3.63, 3.8) is 0 Å². The van der Waals surface area contributed by atoms with Crippen LogP contribution in [0.1, 0.15) is 104 Å². The van der Waals surface area contributed by atoms with E-state index >= 15 is 4.39 Å². The number of unbranched alkanes of at least 4 members (excludes halogenated alkanes) is 6. The van der Waals surface area contributed by atoms with Crippen molar-refractivity contribution in [2.75, 3.05) is 0 Å². The highest BCUT2D eigenvalue weighted by Crippen LogP contribution is 2.30.